The van der Waals surface area contributed by atoms with Crippen LogP contribution in [0.15, 0.2) is 0 Å². The fourth-order valence-electron chi connectivity index (χ4n) is 0.115. The van der Waals surface area contributed by atoms with Gasteiger partial charge in [-0.05, 0) is 6.92 Å². The van der Waals surface area contributed by atoms with Crippen LogP contribution in [0.1, 0.15) is 6.92 Å². The van der Waals surface area contributed by atoms with Crippen LogP contribution in [0.4, 0.5) is 0 Å². The lowest BCUT2D eigenvalue weighted by Crippen LogP contribution is -1.78. The molecule has 6 heteroatoms. The van der Waals surface area contributed by atoms with Gasteiger partial charge in [0.05, 0.1) is 6.61 Å². The van der Waals surface area contributed by atoms with Gasteiger partial charge >= 0.3 is 8.60 Å². The van der Waals surface area contributed by atoms with Crippen LogP contribution in [0.3, 0.4) is 0 Å². The van der Waals surface area contributed by atoms with Crippen LogP contribution in [0.2, 0.25) is 0 Å². The van der Waals surface area contributed by atoms with E-state index in [1.807, 2.05) is 0 Å². The summed E-state index contributed by atoms with van der Waals surface area (Å²) >= 11 is 0. The highest BCUT2D eigenvalue weighted by Gasteiger charge is 1.91. The summed E-state index contributed by atoms with van der Waals surface area (Å²) in [7, 11) is -2.10. The number of hydrogen-bond acceptors (Lipinski definition) is 3. The summed E-state index contributed by atoms with van der Waals surface area (Å²) in [5.41, 5.74) is 0. The van der Waals surface area contributed by atoms with Gasteiger partial charge in [-0.25, -0.2) is 0 Å². The Bertz CT molecular complexity index is 36.5. The average Bonchev–Trinajstić information content (AvgIpc) is 1.35. The first kappa shape index (κ1) is 16.0. The minimum Gasteiger partial charge on any atom is -0.328 e. The van der Waals surface area contributed by atoms with Crippen molar-refractivity contribution in [2.75, 3.05) is 6.61 Å². The molecule has 54 valence electrons. The Morgan fingerprint density at radius 1 is 1.38 bits per heavy atom. The maximum absolute atomic E-state index is 7.95. The van der Waals surface area contributed by atoms with Crippen LogP contribution in [-0.4, -0.2) is 16.4 Å². The van der Waals surface area contributed by atoms with E-state index in [2.05, 4.69) is 4.52 Å². The largest absolute Gasteiger partial charge is 0.328 e. The molecule has 0 spiro atoms. The van der Waals surface area contributed by atoms with E-state index in [-0.39, 0.29) is 24.8 Å². The van der Waals surface area contributed by atoms with E-state index in [1.165, 1.54) is 0 Å². The lowest BCUT2D eigenvalue weighted by Gasteiger charge is -1.95. The molecule has 0 aromatic heterocycles. The molecule has 0 heterocycles. The summed E-state index contributed by atoms with van der Waals surface area (Å²) in [5, 5.41) is 0. The van der Waals surface area contributed by atoms with Crippen LogP contribution in [0, 0.1) is 0 Å². The van der Waals surface area contributed by atoms with Crippen molar-refractivity contribution in [3.8, 4) is 0 Å². The Balaban J connectivity index is -0.000000125. The van der Waals surface area contributed by atoms with Gasteiger partial charge in [-0.15, -0.1) is 24.8 Å². The molecule has 0 aliphatic heterocycles. The van der Waals surface area contributed by atoms with Crippen LogP contribution >= 0.6 is 33.4 Å². The smallest absolute Gasteiger partial charge is 0.327 e. The molecule has 0 unspecified atom stereocenters. The van der Waals surface area contributed by atoms with Gasteiger partial charge in [-0.1, -0.05) is 0 Å². The van der Waals surface area contributed by atoms with Crippen molar-refractivity contribution in [3.05, 3.63) is 0 Å². The molecule has 0 aromatic rings. The van der Waals surface area contributed by atoms with Gasteiger partial charge in [-0.3, -0.25) is 0 Å². The Morgan fingerprint density at radius 3 is 1.75 bits per heavy atom. The summed E-state index contributed by atoms with van der Waals surface area (Å²) in [6.07, 6.45) is 0. The molecule has 0 aromatic carbocycles. The van der Waals surface area contributed by atoms with Crippen LogP contribution in [-0.2, 0) is 4.52 Å². The molecule has 0 aliphatic carbocycles. The summed E-state index contributed by atoms with van der Waals surface area (Å²) in [5.74, 6) is 0. The summed E-state index contributed by atoms with van der Waals surface area (Å²) in [6.45, 7) is 2.06. The minimum absolute atomic E-state index is 0. The third-order valence-electron chi connectivity index (χ3n) is 0.245. The van der Waals surface area contributed by atoms with E-state index in [0.717, 1.165) is 0 Å². The van der Waals surface area contributed by atoms with Crippen molar-refractivity contribution in [3.63, 3.8) is 0 Å². The van der Waals surface area contributed by atoms with Crippen LogP contribution < -0.4 is 0 Å². The molecule has 3 nitrogen and oxygen atoms in total. The summed E-state index contributed by atoms with van der Waals surface area (Å²) in [4.78, 5) is 15.9. The average molecular weight is 183 g/mol. The van der Waals surface area contributed by atoms with Gasteiger partial charge in [0.15, 0.2) is 0 Å². The first-order valence-electron chi connectivity index (χ1n) is 1.58. The van der Waals surface area contributed by atoms with Crippen molar-refractivity contribution >= 4 is 33.4 Å². The zero-order chi connectivity index (χ0) is 4.99. The molecule has 0 bridgehead atoms. The topological polar surface area (TPSA) is 49.7 Å². The summed E-state index contributed by atoms with van der Waals surface area (Å²) in [6, 6.07) is 0. The molecule has 0 saturated heterocycles. The van der Waals surface area contributed by atoms with Crippen molar-refractivity contribution in [2.45, 2.75) is 6.92 Å². The maximum Gasteiger partial charge on any atom is 0.327 e. The van der Waals surface area contributed by atoms with Gasteiger partial charge in [0.2, 0.25) is 0 Å². The van der Waals surface area contributed by atoms with Crippen LogP contribution in [0.5, 0.6) is 0 Å². The maximum atomic E-state index is 7.95. The SMILES string of the molecule is CCOP(O)O.Cl.Cl. The second kappa shape index (κ2) is 10.8. The second-order valence-electron chi connectivity index (χ2n) is 0.671. The van der Waals surface area contributed by atoms with Gasteiger partial charge in [-0.2, -0.15) is 0 Å². The molecule has 0 atom stereocenters. The summed E-state index contributed by atoms with van der Waals surface area (Å²) < 4.78 is 4.22. The molecule has 0 saturated carbocycles. The fraction of sp³-hybridized carbons (Fsp3) is 1.00. The molecule has 0 radical (unpaired) electrons. The minimum atomic E-state index is -2.10. The van der Waals surface area contributed by atoms with Crippen LogP contribution in [0.25, 0.3) is 0 Å². The highest BCUT2D eigenvalue weighted by Crippen LogP contribution is 2.22. The van der Waals surface area contributed by atoms with E-state index in [0.29, 0.717) is 6.61 Å². The zero-order valence-electron chi connectivity index (χ0n) is 4.27. The van der Waals surface area contributed by atoms with Crippen molar-refractivity contribution < 1.29 is 14.3 Å². The normalized spacial score (nSPS) is 7.50. The lowest BCUT2D eigenvalue weighted by molar-refractivity contribution is 0.269. The third-order valence-corrected chi connectivity index (χ3v) is 0.734. The molecule has 8 heavy (non-hydrogen) atoms. The van der Waals surface area contributed by atoms with Gasteiger partial charge < -0.3 is 14.3 Å². The molecular formula is C2H9Cl2O3P. The van der Waals surface area contributed by atoms with E-state index < -0.39 is 8.60 Å². The quantitative estimate of drug-likeness (QED) is 0.629. The monoisotopic (exact) mass is 182 g/mol. The number of hydrogen-bond donors (Lipinski definition) is 2. The standard InChI is InChI=1S/C2H7O3P.2ClH/c1-2-5-6(3)4;;/h3-4H,2H2,1H3;2*1H. The lowest BCUT2D eigenvalue weighted by atomic mass is 10.9. The van der Waals surface area contributed by atoms with Crippen molar-refractivity contribution in [1.29, 1.82) is 0 Å². The molecule has 0 amide bonds. The van der Waals surface area contributed by atoms with E-state index in [4.69, 9.17) is 9.79 Å². The molecule has 2 N–H and O–H groups in total. The Hall–Kier alpha value is 0.890. The van der Waals surface area contributed by atoms with Crippen molar-refractivity contribution in [2.24, 2.45) is 0 Å². The first-order chi connectivity index (χ1) is 2.77. The molecular weight excluding hydrogens is 174 g/mol. The Labute approximate surface area is 61.9 Å². The molecule has 0 aliphatic rings. The van der Waals surface area contributed by atoms with Gasteiger partial charge in [0, 0.05) is 0 Å². The van der Waals surface area contributed by atoms with Gasteiger partial charge in [0.25, 0.3) is 0 Å². The Morgan fingerprint density at radius 2 is 1.75 bits per heavy atom. The van der Waals surface area contributed by atoms with Gasteiger partial charge in [0.1, 0.15) is 0 Å². The zero-order valence-corrected chi connectivity index (χ0v) is 6.80. The number of rotatable bonds is 2. The Kier molecular flexibility index (Phi) is 21.5. The van der Waals surface area contributed by atoms with E-state index in [9.17, 15) is 0 Å². The van der Waals surface area contributed by atoms with E-state index in [1.54, 1.807) is 6.92 Å². The van der Waals surface area contributed by atoms with E-state index >= 15 is 0 Å². The molecule has 0 fully saturated rings. The van der Waals surface area contributed by atoms with Crippen molar-refractivity contribution in [1.82, 2.24) is 0 Å². The predicted molar refractivity (Wildman–Crippen MR) is 37.5 cm³/mol. The highest BCUT2D eigenvalue weighted by molar-refractivity contribution is 7.39. The molecule has 0 rings (SSSR count). The first-order valence-corrected chi connectivity index (χ1v) is 2.74. The number of halogens is 2. The predicted octanol–water partition coefficient (Wildman–Crippen LogP) is 1.08. The highest BCUT2D eigenvalue weighted by atomic mass is 35.5. The second-order valence-corrected chi connectivity index (χ2v) is 1.43. The fourth-order valence-corrected chi connectivity index (χ4v) is 0.346. The third kappa shape index (κ3) is 15.8.